The summed E-state index contributed by atoms with van der Waals surface area (Å²) < 4.78 is 0. The van der Waals surface area contributed by atoms with Crippen molar-refractivity contribution < 1.29 is 4.79 Å². The molecule has 0 spiro atoms. The number of carbonyl (C=O) groups is 1. The summed E-state index contributed by atoms with van der Waals surface area (Å²) in [4.78, 5) is 18.5. The molecule has 1 amide bonds. The van der Waals surface area contributed by atoms with Gasteiger partial charge in [0.25, 0.3) is 0 Å². The lowest BCUT2D eigenvalue weighted by Crippen LogP contribution is -2.39. The highest BCUT2D eigenvalue weighted by Crippen LogP contribution is 2.27. The molecule has 6 heteroatoms. The maximum atomic E-state index is 12.2. The molecule has 0 saturated carbocycles. The van der Waals surface area contributed by atoms with Gasteiger partial charge in [-0.05, 0) is 18.8 Å². The Morgan fingerprint density at radius 3 is 3.28 bits per heavy atom. The van der Waals surface area contributed by atoms with Crippen molar-refractivity contribution in [1.29, 1.82) is 0 Å². The molecule has 0 radical (unpaired) electrons. The predicted molar refractivity (Wildman–Crippen MR) is 71.3 cm³/mol. The van der Waals surface area contributed by atoms with E-state index in [1.54, 1.807) is 0 Å². The van der Waals surface area contributed by atoms with Gasteiger partial charge in [0.1, 0.15) is 0 Å². The number of amides is 1. The van der Waals surface area contributed by atoms with Gasteiger partial charge in [-0.3, -0.25) is 4.79 Å². The fraction of sp³-hybridized carbons (Fsp3) is 0.667. The van der Waals surface area contributed by atoms with Crippen LogP contribution in [0.2, 0.25) is 0 Å². The van der Waals surface area contributed by atoms with E-state index >= 15 is 0 Å². The Morgan fingerprint density at radius 2 is 2.50 bits per heavy atom. The van der Waals surface area contributed by atoms with Crippen LogP contribution in [0.3, 0.4) is 0 Å². The average Bonchev–Trinajstić information content (AvgIpc) is 3.01. The lowest BCUT2D eigenvalue weighted by atomic mass is 10.1. The van der Waals surface area contributed by atoms with Gasteiger partial charge in [0.05, 0.1) is 5.69 Å². The number of nitrogens with two attached hydrogens (primary N) is 1. The number of nitrogen functional groups attached to an aromatic ring is 1. The quantitative estimate of drug-likeness (QED) is 0.834. The van der Waals surface area contributed by atoms with Crippen molar-refractivity contribution in [3.8, 4) is 0 Å². The minimum absolute atomic E-state index is 0.262. The number of aromatic nitrogens is 1. The van der Waals surface area contributed by atoms with Gasteiger partial charge in [-0.25, -0.2) is 4.98 Å². The number of nitrogens with one attached hydrogen (secondary N) is 1. The van der Waals surface area contributed by atoms with E-state index in [-0.39, 0.29) is 5.91 Å². The molecule has 18 heavy (non-hydrogen) atoms. The third-order valence-electron chi connectivity index (χ3n) is 3.93. The van der Waals surface area contributed by atoms with Crippen molar-refractivity contribution in [2.75, 3.05) is 25.4 Å². The topological polar surface area (TPSA) is 71.2 Å². The highest BCUT2D eigenvalue weighted by Gasteiger charge is 2.39. The van der Waals surface area contributed by atoms with Crippen LogP contribution >= 0.6 is 11.3 Å². The number of hydrogen-bond acceptors (Lipinski definition) is 5. The fourth-order valence-corrected chi connectivity index (χ4v) is 3.57. The third kappa shape index (κ3) is 2.22. The number of likely N-dealkylation sites (tertiary alicyclic amines) is 1. The fourth-order valence-electron chi connectivity index (χ4n) is 2.97. The maximum absolute atomic E-state index is 12.2. The number of anilines is 1. The van der Waals surface area contributed by atoms with E-state index in [0.717, 1.165) is 31.7 Å². The molecule has 2 fully saturated rings. The van der Waals surface area contributed by atoms with E-state index in [1.165, 1.54) is 11.3 Å². The standard InChI is InChI=1S/C12H18N4OS/c13-12-15-9(7-18-12)1-2-11(17)16-4-3-8-5-14-6-10(8)16/h7-8,10,14H,1-6H2,(H2,13,15)/t8-,10+/m1/s1. The molecule has 2 aliphatic rings. The van der Waals surface area contributed by atoms with Crippen LogP contribution in [0.25, 0.3) is 0 Å². The van der Waals surface area contributed by atoms with Crippen LogP contribution in [0.1, 0.15) is 18.5 Å². The second kappa shape index (κ2) is 4.85. The SMILES string of the molecule is Nc1nc(CCC(=O)N2CC[C@@H]3CNC[C@@H]32)cs1. The summed E-state index contributed by atoms with van der Waals surface area (Å²) in [6.45, 7) is 2.95. The second-order valence-corrected chi connectivity index (χ2v) is 5.93. The van der Waals surface area contributed by atoms with Crippen molar-refractivity contribution in [2.45, 2.75) is 25.3 Å². The van der Waals surface area contributed by atoms with Gasteiger partial charge in [-0.2, -0.15) is 0 Å². The third-order valence-corrected chi connectivity index (χ3v) is 4.65. The monoisotopic (exact) mass is 266 g/mol. The highest BCUT2D eigenvalue weighted by atomic mass is 32.1. The Kier molecular flexibility index (Phi) is 3.22. The minimum atomic E-state index is 0.262. The lowest BCUT2D eigenvalue weighted by molar-refractivity contribution is -0.131. The van der Waals surface area contributed by atoms with Gasteiger partial charge >= 0.3 is 0 Å². The van der Waals surface area contributed by atoms with Crippen LogP contribution < -0.4 is 11.1 Å². The molecular formula is C12H18N4OS. The molecule has 0 bridgehead atoms. The normalized spacial score (nSPS) is 26.6. The van der Waals surface area contributed by atoms with Crippen LogP contribution in [0.4, 0.5) is 5.13 Å². The first-order valence-corrected chi connectivity index (χ1v) is 7.32. The molecule has 2 aliphatic heterocycles. The molecule has 3 heterocycles. The molecule has 0 unspecified atom stereocenters. The van der Waals surface area contributed by atoms with Gasteiger partial charge in [-0.1, -0.05) is 0 Å². The van der Waals surface area contributed by atoms with Crippen molar-refractivity contribution >= 4 is 22.4 Å². The summed E-state index contributed by atoms with van der Waals surface area (Å²) in [7, 11) is 0. The Bertz CT molecular complexity index is 447. The van der Waals surface area contributed by atoms with Gasteiger partial charge < -0.3 is 16.0 Å². The number of fused-ring (bicyclic) bond motifs is 1. The zero-order valence-electron chi connectivity index (χ0n) is 10.3. The largest absolute Gasteiger partial charge is 0.375 e. The van der Waals surface area contributed by atoms with Crippen molar-refractivity contribution in [3.05, 3.63) is 11.1 Å². The summed E-state index contributed by atoms with van der Waals surface area (Å²) >= 11 is 1.44. The number of hydrogen-bond donors (Lipinski definition) is 2. The molecule has 0 aliphatic carbocycles. The molecule has 0 aromatic carbocycles. The molecule has 2 saturated heterocycles. The molecule has 2 atom stereocenters. The number of carbonyl (C=O) groups excluding carboxylic acids is 1. The first-order valence-electron chi connectivity index (χ1n) is 6.44. The summed E-state index contributed by atoms with van der Waals surface area (Å²) in [5, 5.41) is 5.88. The van der Waals surface area contributed by atoms with Gasteiger partial charge in [0.15, 0.2) is 5.13 Å². The van der Waals surface area contributed by atoms with E-state index in [9.17, 15) is 4.79 Å². The van der Waals surface area contributed by atoms with E-state index in [0.29, 0.717) is 29.9 Å². The summed E-state index contributed by atoms with van der Waals surface area (Å²) in [5.41, 5.74) is 6.52. The lowest BCUT2D eigenvalue weighted by Gasteiger charge is -2.23. The Hall–Kier alpha value is -1.14. The zero-order valence-corrected chi connectivity index (χ0v) is 11.1. The second-order valence-electron chi connectivity index (χ2n) is 5.04. The van der Waals surface area contributed by atoms with E-state index in [1.807, 2.05) is 5.38 Å². The zero-order chi connectivity index (χ0) is 12.5. The highest BCUT2D eigenvalue weighted by molar-refractivity contribution is 7.13. The van der Waals surface area contributed by atoms with Gasteiger partial charge in [0.2, 0.25) is 5.91 Å². The van der Waals surface area contributed by atoms with Crippen LogP contribution in [-0.2, 0) is 11.2 Å². The van der Waals surface area contributed by atoms with Gasteiger partial charge in [0, 0.05) is 37.5 Å². The average molecular weight is 266 g/mol. The van der Waals surface area contributed by atoms with E-state index < -0.39 is 0 Å². The minimum Gasteiger partial charge on any atom is -0.375 e. The smallest absolute Gasteiger partial charge is 0.223 e. The Morgan fingerprint density at radius 1 is 1.61 bits per heavy atom. The Balaban J connectivity index is 1.55. The number of rotatable bonds is 3. The molecule has 5 nitrogen and oxygen atoms in total. The molecule has 98 valence electrons. The van der Waals surface area contributed by atoms with Crippen LogP contribution in [0, 0.1) is 5.92 Å². The van der Waals surface area contributed by atoms with E-state index in [2.05, 4.69) is 15.2 Å². The predicted octanol–water partition coefficient (Wildman–Crippen LogP) is 0.478. The summed E-state index contributed by atoms with van der Waals surface area (Å²) in [5.74, 6) is 0.932. The first kappa shape index (κ1) is 11.9. The van der Waals surface area contributed by atoms with Crippen LogP contribution in [-0.4, -0.2) is 41.5 Å². The van der Waals surface area contributed by atoms with Crippen LogP contribution in [0.15, 0.2) is 5.38 Å². The molecular weight excluding hydrogens is 248 g/mol. The van der Waals surface area contributed by atoms with Crippen molar-refractivity contribution in [3.63, 3.8) is 0 Å². The van der Waals surface area contributed by atoms with Crippen molar-refractivity contribution in [2.24, 2.45) is 5.92 Å². The molecule has 3 N–H and O–H groups in total. The summed E-state index contributed by atoms with van der Waals surface area (Å²) in [6.07, 6.45) is 2.40. The number of nitrogens with zero attached hydrogens (tertiary/aromatic N) is 2. The molecule has 1 aromatic rings. The van der Waals surface area contributed by atoms with Gasteiger partial charge in [-0.15, -0.1) is 11.3 Å². The van der Waals surface area contributed by atoms with Crippen LogP contribution in [0.5, 0.6) is 0 Å². The summed E-state index contributed by atoms with van der Waals surface area (Å²) in [6, 6.07) is 0.429. The molecule has 3 rings (SSSR count). The Labute approximate surface area is 110 Å². The molecule has 1 aromatic heterocycles. The maximum Gasteiger partial charge on any atom is 0.223 e. The van der Waals surface area contributed by atoms with E-state index in [4.69, 9.17) is 5.73 Å². The number of aryl methyl sites for hydroxylation is 1. The number of thiazole rings is 1. The first-order chi connectivity index (χ1) is 8.74. The van der Waals surface area contributed by atoms with Crippen molar-refractivity contribution in [1.82, 2.24) is 15.2 Å².